The third-order valence-corrected chi connectivity index (χ3v) is 2.95. The summed E-state index contributed by atoms with van der Waals surface area (Å²) < 4.78 is 3.67. The van der Waals surface area contributed by atoms with Gasteiger partial charge in [-0.15, -0.1) is 0 Å². The second-order valence-corrected chi connectivity index (χ2v) is 4.32. The topological polar surface area (TPSA) is 64.7 Å². The molecule has 20 heavy (non-hydrogen) atoms. The summed E-state index contributed by atoms with van der Waals surface area (Å²) in [4.78, 5) is 11.7. The van der Waals surface area contributed by atoms with Crippen LogP contribution in [0.15, 0.2) is 30.7 Å². The molecule has 1 amide bonds. The summed E-state index contributed by atoms with van der Waals surface area (Å²) in [6, 6.07) is 1.90. The highest BCUT2D eigenvalue weighted by atomic mass is 16.1. The standard InChI is InChI=1S/C14H19N5O/c1-3-18-11-12(9-17-18)5-6-14(20)15-10-13-7-8-16-19(13)4-2/h5-9,11H,3-4,10H2,1-2H3,(H,15,20)/b6-5+. The average molecular weight is 273 g/mol. The first kappa shape index (κ1) is 14.0. The Kier molecular flexibility index (Phi) is 4.70. The Morgan fingerprint density at radius 2 is 2.20 bits per heavy atom. The van der Waals surface area contributed by atoms with Gasteiger partial charge in [0.15, 0.2) is 0 Å². The Morgan fingerprint density at radius 1 is 1.35 bits per heavy atom. The number of rotatable bonds is 6. The van der Waals surface area contributed by atoms with Crippen LogP contribution in [0.2, 0.25) is 0 Å². The minimum Gasteiger partial charge on any atom is -0.347 e. The van der Waals surface area contributed by atoms with Crippen molar-refractivity contribution in [1.82, 2.24) is 24.9 Å². The van der Waals surface area contributed by atoms with Gasteiger partial charge in [0.1, 0.15) is 0 Å². The fourth-order valence-electron chi connectivity index (χ4n) is 1.84. The zero-order valence-corrected chi connectivity index (χ0v) is 11.8. The van der Waals surface area contributed by atoms with Gasteiger partial charge in [-0.2, -0.15) is 10.2 Å². The van der Waals surface area contributed by atoms with E-state index in [1.165, 1.54) is 6.08 Å². The SMILES string of the molecule is CCn1cc(/C=C/C(=O)NCc2ccnn2CC)cn1. The van der Waals surface area contributed by atoms with E-state index < -0.39 is 0 Å². The van der Waals surface area contributed by atoms with Gasteiger partial charge in [0.2, 0.25) is 5.91 Å². The van der Waals surface area contributed by atoms with Gasteiger partial charge in [-0.3, -0.25) is 14.2 Å². The maximum Gasteiger partial charge on any atom is 0.244 e. The number of carbonyl (C=O) groups excluding carboxylic acids is 1. The van der Waals surface area contributed by atoms with Crippen LogP contribution in [0.25, 0.3) is 6.08 Å². The van der Waals surface area contributed by atoms with Crippen LogP contribution in [0.1, 0.15) is 25.1 Å². The van der Waals surface area contributed by atoms with E-state index >= 15 is 0 Å². The summed E-state index contributed by atoms with van der Waals surface area (Å²) >= 11 is 0. The van der Waals surface area contributed by atoms with Gasteiger partial charge in [0.05, 0.1) is 18.4 Å². The second-order valence-electron chi connectivity index (χ2n) is 4.32. The zero-order chi connectivity index (χ0) is 14.4. The molecule has 2 rings (SSSR count). The number of carbonyl (C=O) groups is 1. The fourth-order valence-corrected chi connectivity index (χ4v) is 1.84. The fraction of sp³-hybridized carbons (Fsp3) is 0.357. The molecular weight excluding hydrogens is 254 g/mol. The third kappa shape index (κ3) is 3.57. The molecule has 6 heteroatoms. The molecule has 0 fully saturated rings. The van der Waals surface area contributed by atoms with Crippen LogP contribution in [0, 0.1) is 0 Å². The van der Waals surface area contributed by atoms with Crippen molar-refractivity contribution >= 4 is 12.0 Å². The van der Waals surface area contributed by atoms with Crippen LogP contribution in [-0.4, -0.2) is 25.5 Å². The molecule has 6 nitrogen and oxygen atoms in total. The monoisotopic (exact) mass is 273 g/mol. The summed E-state index contributed by atoms with van der Waals surface area (Å²) in [5, 5.41) is 11.1. The van der Waals surface area contributed by atoms with E-state index in [9.17, 15) is 4.79 Å². The normalized spacial score (nSPS) is 11.1. The van der Waals surface area contributed by atoms with E-state index in [0.717, 1.165) is 24.3 Å². The summed E-state index contributed by atoms with van der Waals surface area (Å²) in [6.07, 6.45) is 8.64. The van der Waals surface area contributed by atoms with Crippen molar-refractivity contribution in [2.75, 3.05) is 0 Å². The molecule has 1 N–H and O–H groups in total. The number of nitrogens with zero attached hydrogens (tertiary/aromatic N) is 4. The summed E-state index contributed by atoms with van der Waals surface area (Å²) in [5.74, 6) is -0.127. The highest BCUT2D eigenvalue weighted by molar-refractivity contribution is 5.91. The Labute approximate surface area is 118 Å². The van der Waals surface area contributed by atoms with E-state index in [-0.39, 0.29) is 5.91 Å². The second kappa shape index (κ2) is 6.70. The van der Waals surface area contributed by atoms with Crippen molar-refractivity contribution in [3.63, 3.8) is 0 Å². The molecule has 0 aliphatic heterocycles. The van der Waals surface area contributed by atoms with Crippen molar-refractivity contribution in [3.05, 3.63) is 42.0 Å². The van der Waals surface area contributed by atoms with E-state index in [0.29, 0.717) is 6.54 Å². The molecule has 2 heterocycles. The molecule has 0 aliphatic rings. The van der Waals surface area contributed by atoms with Crippen LogP contribution in [0.5, 0.6) is 0 Å². The molecule has 2 aromatic heterocycles. The number of aromatic nitrogens is 4. The molecule has 0 aliphatic carbocycles. The van der Waals surface area contributed by atoms with Crippen molar-refractivity contribution < 1.29 is 4.79 Å². The number of hydrogen-bond donors (Lipinski definition) is 1. The maximum absolute atomic E-state index is 11.7. The zero-order valence-electron chi connectivity index (χ0n) is 11.8. The molecule has 0 spiro atoms. The van der Waals surface area contributed by atoms with Gasteiger partial charge in [-0.05, 0) is 26.0 Å². The minimum atomic E-state index is -0.127. The molecule has 0 saturated heterocycles. The smallest absolute Gasteiger partial charge is 0.244 e. The molecule has 0 atom stereocenters. The Bertz CT molecular complexity index is 596. The Morgan fingerprint density at radius 3 is 2.90 bits per heavy atom. The number of nitrogens with one attached hydrogen (secondary N) is 1. The van der Waals surface area contributed by atoms with Crippen LogP contribution in [0.3, 0.4) is 0 Å². The first-order valence-electron chi connectivity index (χ1n) is 6.72. The first-order chi connectivity index (χ1) is 9.72. The lowest BCUT2D eigenvalue weighted by Crippen LogP contribution is -2.22. The van der Waals surface area contributed by atoms with Gasteiger partial charge >= 0.3 is 0 Å². The maximum atomic E-state index is 11.7. The van der Waals surface area contributed by atoms with Crippen LogP contribution in [0.4, 0.5) is 0 Å². The lowest BCUT2D eigenvalue weighted by molar-refractivity contribution is -0.116. The van der Waals surface area contributed by atoms with Crippen molar-refractivity contribution in [2.24, 2.45) is 0 Å². The molecule has 0 unspecified atom stereocenters. The van der Waals surface area contributed by atoms with Crippen molar-refractivity contribution in [2.45, 2.75) is 33.5 Å². The highest BCUT2D eigenvalue weighted by Crippen LogP contribution is 2.01. The van der Waals surface area contributed by atoms with E-state index in [1.54, 1.807) is 18.5 Å². The Hall–Kier alpha value is -2.37. The predicted molar refractivity (Wildman–Crippen MR) is 76.7 cm³/mol. The third-order valence-electron chi connectivity index (χ3n) is 2.95. The molecule has 0 saturated carbocycles. The summed E-state index contributed by atoms with van der Waals surface area (Å²) in [6.45, 7) is 6.13. The molecular formula is C14H19N5O. The Balaban J connectivity index is 1.86. The first-order valence-corrected chi connectivity index (χ1v) is 6.72. The lowest BCUT2D eigenvalue weighted by Gasteiger charge is -2.04. The van der Waals surface area contributed by atoms with Crippen molar-refractivity contribution in [1.29, 1.82) is 0 Å². The van der Waals surface area contributed by atoms with Gasteiger partial charge in [-0.25, -0.2) is 0 Å². The van der Waals surface area contributed by atoms with Crippen LogP contribution in [-0.2, 0) is 24.4 Å². The molecule has 0 aromatic carbocycles. The van der Waals surface area contributed by atoms with Crippen molar-refractivity contribution in [3.8, 4) is 0 Å². The highest BCUT2D eigenvalue weighted by Gasteiger charge is 2.02. The molecule has 0 bridgehead atoms. The largest absolute Gasteiger partial charge is 0.347 e. The van der Waals surface area contributed by atoms with Gasteiger partial charge < -0.3 is 5.32 Å². The van der Waals surface area contributed by atoms with E-state index in [1.807, 2.05) is 35.5 Å². The average Bonchev–Trinajstić information content (AvgIpc) is 3.11. The number of hydrogen-bond acceptors (Lipinski definition) is 3. The minimum absolute atomic E-state index is 0.127. The quantitative estimate of drug-likeness (QED) is 0.810. The molecule has 2 aromatic rings. The van der Waals surface area contributed by atoms with Gasteiger partial charge in [-0.1, -0.05) is 0 Å². The molecule has 0 radical (unpaired) electrons. The number of aryl methyl sites for hydroxylation is 2. The van der Waals surface area contributed by atoms with Gasteiger partial charge in [0.25, 0.3) is 0 Å². The summed E-state index contributed by atoms with van der Waals surface area (Å²) in [7, 11) is 0. The predicted octanol–water partition coefficient (Wildman–Crippen LogP) is 1.45. The molecule has 106 valence electrons. The van der Waals surface area contributed by atoms with Crippen LogP contribution >= 0.6 is 0 Å². The van der Waals surface area contributed by atoms with E-state index in [4.69, 9.17) is 0 Å². The number of amides is 1. The lowest BCUT2D eigenvalue weighted by atomic mass is 10.3. The van der Waals surface area contributed by atoms with E-state index in [2.05, 4.69) is 15.5 Å². The summed E-state index contributed by atoms with van der Waals surface area (Å²) in [5.41, 5.74) is 1.91. The van der Waals surface area contributed by atoms with Gasteiger partial charge in [0, 0.05) is 37.1 Å². The van der Waals surface area contributed by atoms with Crippen LogP contribution < -0.4 is 5.32 Å².